The van der Waals surface area contributed by atoms with Crippen molar-refractivity contribution in [2.24, 2.45) is 0 Å². The molecule has 1 heterocycles. The molecule has 0 aliphatic carbocycles. The molecule has 0 bridgehead atoms. The number of nitrogens with zero attached hydrogens (tertiary/aromatic N) is 2. The Labute approximate surface area is 115 Å². The third-order valence-corrected chi connectivity index (χ3v) is 3.58. The lowest BCUT2D eigenvalue weighted by Crippen LogP contribution is -1.98. The van der Waals surface area contributed by atoms with Gasteiger partial charge < -0.3 is 5.32 Å². The Hall–Kier alpha value is -1.86. The molecule has 0 aliphatic heterocycles. The maximum atomic E-state index is 9.14. The van der Waals surface area contributed by atoms with Gasteiger partial charge in [-0.15, -0.1) is 0 Å². The van der Waals surface area contributed by atoms with E-state index in [1.165, 1.54) is 0 Å². The van der Waals surface area contributed by atoms with Crippen LogP contribution in [0.1, 0.15) is 16.7 Å². The Morgan fingerprint density at radius 1 is 1.22 bits per heavy atom. The first-order valence-electron chi connectivity index (χ1n) is 5.50. The Morgan fingerprint density at radius 3 is 2.67 bits per heavy atom. The van der Waals surface area contributed by atoms with E-state index >= 15 is 0 Å². The zero-order chi connectivity index (χ0) is 13.1. The first-order chi connectivity index (χ1) is 8.61. The van der Waals surface area contributed by atoms with Gasteiger partial charge in [0.25, 0.3) is 0 Å². The van der Waals surface area contributed by atoms with Gasteiger partial charge in [-0.2, -0.15) is 5.26 Å². The number of rotatable bonds is 2. The first kappa shape index (κ1) is 12.6. The number of aryl methyl sites for hydroxylation is 2. The van der Waals surface area contributed by atoms with E-state index in [-0.39, 0.29) is 0 Å². The third kappa shape index (κ3) is 2.52. The van der Waals surface area contributed by atoms with Gasteiger partial charge in [0.1, 0.15) is 11.9 Å². The lowest BCUT2D eigenvalue weighted by molar-refractivity contribution is 1.24. The van der Waals surface area contributed by atoms with Crippen LogP contribution in [0.2, 0.25) is 0 Å². The van der Waals surface area contributed by atoms with Crippen LogP contribution < -0.4 is 5.32 Å². The van der Waals surface area contributed by atoms with Crippen LogP contribution in [0.3, 0.4) is 0 Å². The minimum absolute atomic E-state index is 0.582. The van der Waals surface area contributed by atoms with Crippen molar-refractivity contribution in [2.45, 2.75) is 13.8 Å². The molecule has 0 unspecified atom stereocenters. The quantitative estimate of drug-likeness (QED) is 0.909. The van der Waals surface area contributed by atoms with Crippen molar-refractivity contribution in [3.8, 4) is 6.07 Å². The normalized spacial score (nSPS) is 9.89. The molecule has 1 N–H and O–H groups in total. The minimum Gasteiger partial charge on any atom is -0.339 e. The van der Waals surface area contributed by atoms with Crippen LogP contribution >= 0.6 is 15.9 Å². The maximum absolute atomic E-state index is 9.14. The fourth-order valence-corrected chi connectivity index (χ4v) is 1.90. The zero-order valence-corrected chi connectivity index (χ0v) is 11.7. The molecule has 0 saturated heterocycles. The molecule has 0 radical (unpaired) electrons. The van der Waals surface area contributed by atoms with E-state index in [0.29, 0.717) is 11.4 Å². The summed E-state index contributed by atoms with van der Waals surface area (Å²) in [5.41, 5.74) is 3.55. The number of pyridine rings is 1. The monoisotopic (exact) mass is 301 g/mol. The molecule has 3 nitrogen and oxygen atoms in total. The largest absolute Gasteiger partial charge is 0.339 e. The lowest BCUT2D eigenvalue weighted by Gasteiger charge is -2.09. The van der Waals surface area contributed by atoms with E-state index in [9.17, 15) is 0 Å². The number of nitriles is 1. The van der Waals surface area contributed by atoms with Crippen molar-refractivity contribution in [2.75, 3.05) is 5.32 Å². The molecule has 0 atom stereocenters. The Morgan fingerprint density at radius 2 is 2.00 bits per heavy atom. The second-order valence-electron chi connectivity index (χ2n) is 4.05. The summed E-state index contributed by atoms with van der Waals surface area (Å²) in [4.78, 5) is 4.21. The molecule has 0 fully saturated rings. The van der Waals surface area contributed by atoms with Crippen LogP contribution in [0, 0.1) is 25.2 Å². The summed E-state index contributed by atoms with van der Waals surface area (Å²) in [6.07, 6.45) is 1.70. The summed E-state index contributed by atoms with van der Waals surface area (Å²) in [5, 5.41) is 12.3. The lowest BCUT2D eigenvalue weighted by atomic mass is 10.1. The molecule has 1 aromatic carbocycles. The maximum Gasteiger partial charge on any atom is 0.148 e. The van der Waals surface area contributed by atoms with Crippen LogP contribution in [0.4, 0.5) is 11.5 Å². The van der Waals surface area contributed by atoms with Crippen molar-refractivity contribution < 1.29 is 0 Å². The fraction of sp³-hybridized carbons (Fsp3) is 0.143. The van der Waals surface area contributed by atoms with Gasteiger partial charge in [0.15, 0.2) is 0 Å². The Bertz CT molecular complexity index is 629. The van der Waals surface area contributed by atoms with Gasteiger partial charge in [0.05, 0.1) is 5.56 Å². The van der Waals surface area contributed by atoms with Gasteiger partial charge in [-0.25, -0.2) is 4.98 Å². The van der Waals surface area contributed by atoms with Crippen molar-refractivity contribution >= 4 is 27.4 Å². The van der Waals surface area contributed by atoms with Crippen LogP contribution in [-0.2, 0) is 0 Å². The van der Waals surface area contributed by atoms with Crippen molar-refractivity contribution in [1.82, 2.24) is 4.98 Å². The summed E-state index contributed by atoms with van der Waals surface area (Å²) in [5.74, 6) is 0.597. The Balaban J connectivity index is 2.37. The molecule has 4 heteroatoms. The highest BCUT2D eigenvalue weighted by molar-refractivity contribution is 9.10. The Kier molecular flexibility index (Phi) is 3.63. The van der Waals surface area contributed by atoms with Gasteiger partial charge in [-0.1, -0.05) is 15.9 Å². The number of aromatic nitrogens is 1. The van der Waals surface area contributed by atoms with E-state index in [0.717, 1.165) is 21.3 Å². The van der Waals surface area contributed by atoms with E-state index < -0.39 is 0 Å². The molecule has 2 aromatic rings. The van der Waals surface area contributed by atoms with E-state index in [4.69, 9.17) is 5.26 Å². The number of benzene rings is 1. The predicted octanol–water partition coefficient (Wildman–Crippen LogP) is 4.08. The molecule has 18 heavy (non-hydrogen) atoms. The second kappa shape index (κ2) is 5.19. The molecule has 0 amide bonds. The van der Waals surface area contributed by atoms with Gasteiger partial charge in [-0.05, 0) is 49.2 Å². The number of halogens is 1. The molecule has 90 valence electrons. The number of hydrogen-bond donors (Lipinski definition) is 1. The summed E-state index contributed by atoms with van der Waals surface area (Å²) in [6.45, 7) is 3.92. The molecule has 0 saturated carbocycles. The van der Waals surface area contributed by atoms with E-state index in [1.54, 1.807) is 6.20 Å². The molecule has 0 spiro atoms. The molecule has 2 rings (SSSR count). The molecular weight excluding hydrogens is 290 g/mol. The standard InChI is InChI=1S/C14H12BrN3/c1-9-5-6-17-14(12(9)8-16)18-11-3-4-13(15)10(2)7-11/h3-7H,1-2H3,(H,17,18). The van der Waals surface area contributed by atoms with Gasteiger partial charge in [0, 0.05) is 16.4 Å². The van der Waals surface area contributed by atoms with Crippen LogP contribution in [0.25, 0.3) is 0 Å². The van der Waals surface area contributed by atoms with Crippen LogP contribution in [-0.4, -0.2) is 4.98 Å². The second-order valence-corrected chi connectivity index (χ2v) is 4.91. The summed E-state index contributed by atoms with van der Waals surface area (Å²) < 4.78 is 1.06. The summed E-state index contributed by atoms with van der Waals surface area (Å²) in [7, 11) is 0. The number of hydrogen-bond acceptors (Lipinski definition) is 3. The van der Waals surface area contributed by atoms with Gasteiger partial charge >= 0.3 is 0 Å². The number of anilines is 2. The average molecular weight is 302 g/mol. The molecule has 0 aliphatic rings. The number of nitrogens with one attached hydrogen (secondary N) is 1. The van der Waals surface area contributed by atoms with Crippen molar-refractivity contribution in [1.29, 1.82) is 5.26 Å². The summed E-state index contributed by atoms with van der Waals surface area (Å²) >= 11 is 3.46. The molecule has 1 aromatic heterocycles. The van der Waals surface area contributed by atoms with Crippen LogP contribution in [0.5, 0.6) is 0 Å². The van der Waals surface area contributed by atoms with E-state index in [1.807, 2.05) is 38.1 Å². The first-order valence-corrected chi connectivity index (χ1v) is 6.30. The zero-order valence-electron chi connectivity index (χ0n) is 10.2. The highest BCUT2D eigenvalue weighted by atomic mass is 79.9. The predicted molar refractivity (Wildman–Crippen MR) is 75.9 cm³/mol. The topological polar surface area (TPSA) is 48.7 Å². The van der Waals surface area contributed by atoms with Gasteiger partial charge in [-0.3, -0.25) is 0 Å². The van der Waals surface area contributed by atoms with Crippen molar-refractivity contribution in [3.63, 3.8) is 0 Å². The van der Waals surface area contributed by atoms with Crippen LogP contribution in [0.15, 0.2) is 34.9 Å². The third-order valence-electron chi connectivity index (χ3n) is 2.69. The average Bonchev–Trinajstić information content (AvgIpc) is 2.34. The molecular formula is C14H12BrN3. The highest BCUT2D eigenvalue weighted by Crippen LogP contribution is 2.24. The smallest absolute Gasteiger partial charge is 0.148 e. The highest BCUT2D eigenvalue weighted by Gasteiger charge is 2.07. The van der Waals surface area contributed by atoms with Crippen molar-refractivity contribution in [3.05, 3.63) is 51.6 Å². The fourth-order valence-electron chi connectivity index (χ4n) is 1.65. The van der Waals surface area contributed by atoms with Gasteiger partial charge in [0.2, 0.25) is 0 Å². The SMILES string of the molecule is Cc1cc(Nc2nccc(C)c2C#N)ccc1Br. The van der Waals surface area contributed by atoms with E-state index in [2.05, 4.69) is 32.3 Å². The summed E-state index contributed by atoms with van der Waals surface area (Å²) in [6, 6.07) is 9.93. The minimum atomic E-state index is 0.582.